The fourth-order valence-electron chi connectivity index (χ4n) is 2.80. The first-order valence-corrected chi connectivity index (χ1v) is 7.41. The topological polar surface area (TPSA) is 72.3 Å². The lowest BCUT2D eigenvalue weighted by molar-refractivity contribution is 0.1000. The summed E-state index contributed by atoms with van der Waals surface area (Å²) in [7, 11) is 0. The van der Waals surface area contributed by atoms with E-state index in [9.17, 15) is 4.79 Å². The number of amides is 1. The molecule has 2 unspecified atom stereocenters. The summed E-state index contributed by atoms with van der Waals surface area (Å²) in [5.74, 6) is 0.276. The Labute approximate surface area is 125 Å². The molecule has 4 N–H and O–H groups in total. The van der Waals surface area contributed by atoms with Crippen molar-refractivity contribution in [1.82, 2.24) is 4.90 Å². The molecule has 1 heterocycles. The molecule has 2 atom stereocenters. The maximum atomic E-state index is 11.1. The SMILES string of the molecule is CC1CCN(Cc2ccc(C(N)=O)cc2Cl)C(CN)C1. The smallest absolute Gasteiger partial charge is 0.248 e. The van der Waals surface area contributed by atoms with Crippen LogP contribution in [-0.2, 0) is 6.54 Å². The van der Waals surface area contributed by atoms with Gasteiger partial charge in [0.1, 0.15) is 0 Å². The van der Waals surface area contributed by atoms with Gasteiger partial charge in [-0.3, -0.25) is 9.69 Å². The van der Waals surface area contributed by atoms with E-state index in [0.717, 1.165) is 31.0 Å². The highest BCUT2D eigenvalue weighted by Crippen LogP contribution is 2.26. The summed E-state index contributed by atoms with van der Waals surface area (Å²) in [4.78, 5) is 13.5. The number of hydrogen-bond acceptors (Lipinski definition) is 3. The number of rotatable bonds is 4. The van der Waals surface area contributed by atoms with Crippen LogP contribution in [0.2, 0.25) is 5.02 Å². The first kappa shape index (κ1) is 15.3. The van der Waals surface area contributed by atoms with E-state index in [1.165, 1.54) is 6.42 Å². The number of nitrogens with two attached hydrogens (primary N) is 2. The zero-order chi connectivity index (χ0) is 14.7. The third-order valence-electron chi connectivity index (χ3n) is 4.08. The molecule has 0 aliphatic carbocycles. The second kappa shape index (κ2) is 6.57. The number of piperidine rings is 1. The van der Waals surface area contributed by atoms with Gasteiger partial charge in [0, 0.05) is 29.7 Å². The Balaban J connectivity index is 2.11. The van der Waals surface area contributed by atoms with Gasteiger partial charge in [-0.15, -0.1) is 0 Å². The molecule has 0 aromatic heterocycles. The molecule has 2 rings (SSSR count). The van der Waals surface area contributed by atoms with E-state index in [2.05, 4.69) is 11.8 Å². The van der Waals surface area contributed by atoms with Crippen molar-refractivity contribution in [2.24, 2.45) is 17.4 Å². The Bertz CT molecular complexity index is 492. The number of carbonyl (C=O) groups excluding carboxylic acids is 1. The fourth-order valence-corrected chi connectivity index (χ4v) is 3.04. The summed E-state index contributed by atoms with van der Waals surface area (Å²) in [6.45, 7) is 4.75. The van der Waals surface area contributed by atoms with Gasteiger partial charge >= 0.3 is 0 Å². The number of nitrogens with zero attached hydrogens (tertiary/aromatic N) is 1. The van der Waals surface area contributed by atoms with Gasteiger partial charge in [-0.05, 0) is 43.0 Å². The number of carbonyl (C=O) groups is 1. The molecule has 0 spiro atoms. The Morgan fingerprint density at radius 1 is 1.50 bits per heavy atom. The van der Waals surface area contributed by atoms with Crippen molar-refractivity contribution in [1.29, 1.82) is 0 Å². The summed E-state index contributed by atoms with van der Waals surface area (Å²) < 4.78 is 0. The average molecular weight is 296 g/mol. The van der Waals surface area contributed by atoms with Gasteiger partial charge < -0.3 is 11.5 Å². The van der Waals surface area contributed by atoms with Crippen LogP contribution in [0.15, 0.2) is 18.2 Å². The Hall–Kier alpha value is -1.10. The number of primary amides is 1. The molecule has 5 heteroatoms. The van der Waals surface area contributed by atoms with Crippen molar-refractivity contribution in [3.05, 3.63) is 34.3 Å². The predicted molar refractivity (Wildman–Crippen MR) is 81.6 cm³/mol. The fraction of sp³-hybridized carbons (Fsp3) is 0.533. The van der Waals surface area contributed by atoms with Gasteiger partial charge in [0.2, 0.25) is 5.91 Å². The van der Waals surface area contributed by atoms with Crippen molar-refractivity contribution >= 4 is 17.5 Å². The number of benzene rings is 1. The van der Waals surface area contributed by atoms with E-state index >= 15 is 0 Å². The zero-order valence-electron chi connectivity index (χ0n) is 11.8. The molecule has 0 radical (unpaired) electrons. The number of likely N-dealkylation sites (tertiary alicyclic amines) is 1. The molecule has 1 aliphatic heterocycles. The number of hydrogen-bond donors (Lipinski definition) is 2. The van der Waals surface area contributed by atoms with Crippen LogP contribution in [0.3, 0.4) is 0 Å². The van der Waals surface area contributed by atoms with Crippen LogP contribution in [-0.4, -0.2) is 29.9 Å². The molecule has 1 amide bonds. The van der Waals surface area contributed by atoms with Crippen LogP contribution < -0.4 is 11.5 Å². The van der Waals surface area contributed by atoms with Crippen molar-refractivity contribution in [2.45, 2.75) is 32.4 Å². The minimum Gasteiger partial charge on any atom is -0.366 e. The van der Waals surface area contributed by atoms with E-state index in [-0.39, 0.29) is 0 Å². The lowest BCUT2D eigenvalue weighted by Crippen LogP contribution is -2.45. The van der Waals surface area contributed by atoms with Gasteiger partial charge in [0.15, 0.2) is 0 Å². The average Bonchev–Trinajstić information content (AvgIpc) is 2.42. The normalized spacial score (nSPS) is 23.8. The minimum absolute atomic E-state index is 0.408. The number of halogens is 1. The minimum atomic E-state index is -0.454. The third-order valence-corrected chi connectivity index (χ3v) is 4.43. The monoisotopic (exact) mass is 295 g/mol. The maximum Gasteiger partial charge on any atom is 0.248 e. The van der Waals surface area contributed by atoms with Crippen molar-refractivity contribution in [3.8, 4) is 0 Å². The predicted octanol–water partition coefficient (Wildman–Crippen LogP) is 2.00. The summed E-state index contributed by atoms with van der Waals surface area (Å²) in [5, 5.41) is 0.593. The molecular weight excluding hydrogens is 274 g/mol. The van der Waals surface area contributed by atoms with Gasteiger partial charge in [0.05, 0.1) is 0 Å². The van der Waals surface area contributed by atoms with Crippen LogP contribution >= 0.6 is 11.6 Å². The Morgan fingerprint density at radius 3 is 2.85 bits per heavy atom. The molecule has 1 aromatic carbocycles. The highest BCUT2D eigenvalue weighted by atomic mass is 35.5. The molecule has 110 valence electrons. The molecule has 1 saturated heterocycles. The Kier molecular flexibility index (Phi) is 5.02. The highest BCUT2D eigenvalue weighted by molar-refractivity contribution is 6.31. The molecular formula is C15H22ClN3O. The lowest BCUT2D eigenvalue weighted by atomic mass is 9.92. The van der Waals surface area contributed by atoms with E-state index < -0.39 is 5.91 Å². The van der Waals surface area contributed by atoms with E-state index in [4.69, 9.17) is 23.1 Å². The molecule has 1 fully saturated rings. The maximum absolute atomic E-state index is 11.1. The van der Waals surface area contributed by atoms with Crippen molar-refractivity contribution in [3.63, 3.8) is 0 Å². The molecule has 20 heavy (non-hydrogen) atoms. The molecule has 1 aliphatic rings. The van der Waals surface area contributed by atoms with E-state index in [1.807, 2.05) is 6.07 Å². The van der Waals surface area contributed by atoms with Crippen LogP contribution in [0.25, 0.3) is 0 Å². The van der Waals surface area contributed by atoms with Crippen LogP contribution in [0.5, 0.6) is 0 Å². The van der Waals surface area contributed by atoms with Gasteiger partial charge in [-0.2, -0.15) is 0 Å². The molecule has 4 nitrogen and oxygen atoms in total. The second-order valence-electron chi connectivity index (χ2n) is 5.66. The van der Waals surface area contributed by atoms with Crippen LogP contribution in [0.1, 0.15) is 35.7 Å². The van der Waals surface area contributed by atoms with Gasteiger partial charge in [-0.25, -0.2) is 0 Å². The standard InChI is InChI=1S/C15H22ClN3O/c1-10-4-5-19(13(6-10)8-17)9-12-3-2-11(15(18)20)7-14(12)16/h2-3,7,10,13H,4-6,8-9,17H2,1H3,(H2,18,20). The third kappa shape index (κ3) is 3.51. The quantitative estimate of drug-likeness (QED) is 0.892. The van der Waals surface area contributed by atoms with Gasteiger partial charge in [0.25, 0.3) is 0 Å². The van der Waals surface area contributed by atoms with E-state index in [1.54, 1.807) is 12.1 Å². The zero-order valence-corrected chi connectivity index (χ0v) is 12.6. The summed E-state index contributed by atoms with van der Waals surface area (Å²) >= 11 is 6.25. The highest BCUT2D eigenvalue weighted by Gasteiger charge is 2.25. The van der Waals surface area contributed by atoms with E-state index in [0.29, 0.717) is 23.2 Å². The van der Waals surface area contributed by atoms with Crippen molar-refractivity contribution < 1.29 is 4.79 Å². The first-order chi connectivity index (χ1) is 9.51. The van der Waals surface area contributed by atoms with Gasteiger partial charge in [-0.1, -0.05) is 24.6 Å². The summed E-state index contributed by atoms with van der Waals surface area (Å²) in [5.41, 5.74) is 12.6. The van der Waals surface area contributed by atoms with Crippen molar-refractivity contribution in [2.75, 3.05) is 13.1 Å². The van der Waals surface area contributed by atoms with Crippen LogP contribution in [0, 0.1) is 5.92 Å². The summed E-state index contributed by atoms with van der Waals surface area (Å²) in [6, 6.07) is 5.66. The molecule has 0 saturated carbocycles. The largest absolute Gasteiger partial charge is 0.366 e. The molecule has 1 aromatic rings. The molecule has 0 bridgehead atoms. The first-order valence-electron chi connectivity index (χ1n) is 7.03. The summed E-state index contributed by atoms with van der Waals surface area (Å²) in [6.07, 6.45) is 2.32. The second-order valence-corrected chi connectivity index (χ2v) is 6.07. The Morgan fingerprint density at radius 2 is 2.25 bits per heavy atom. The lowest BCUT2D eigenvalue weighted by Gasteiger charge is -2.38. The van der Waals surface area contributed by atoms with Crippen LogP contribution in [0.4, 0.5) is 0 Å².